The first-order chi connectivity index (χ1) is 8.04. The van der Waals surface area contributed by atoms with Gasteiger partial charge >= 0.3 is 0 Å². The molecule has 1 aromatic rings. The van der Waals surface area contributed by atoms with Gasteiger partial charge in [-0.25, -0.2) is 0 Å². The molecule has 0 aliphatic rings. The van der Waals surface area contributed by atoms with Crippen molar-refractivity contribution in [3.63, 3.8) is 0 Å². The highest BCUT2D eigenvalue weighted by Crippen LogP contribution is 2.19. The number of primary amides is 1. The zero-order valence-electron chi connectivity index (χ0n) is 9.62. The van der Waals surface area contributed by atoms with Crippen LogP contribution in [0, 0.1) is 0 Å². The maximum atomic E-state index is 11.6. The Hall–Kier alpha value is -2.24. The van der Waals surface area contributed by atoms with E-state index in [9.17, 15) is 9.59 Å². The molecule has 0 radical (unpaired) electrons. The van der Waals surface area contributed by atoms with Crippen LogP contribution in [0.1, 0.15) is 16.8 Å². The molecule has 1 rings (SSSR count). The van der Waals surface area contributed by atoms with Crippen molar-refractivity contribution in [3.8, 4) is 0 Å². The van der Waals surface area contributed by atoms with Gasteiger partial charge < -0.3 is 22.1 Å². The van der Waals surface area contributed by atoms with Crippen LogP contribution in [0.3, 0.4) is 0 Å². The number of rotatable bonds is 5. The van der Waals surface area contributed by atoms with E-state index in [1.165, 1.54) is 0 Å². The zero-order chi connectivity index (χ0) is 12.8. The summed E-state index contributed by atoms with van der Waals surface area (Å²) in [5, 5.41) is 5.49. The summed E-state index contributed by atoms with van der Waals surface area (Å²) in [6.45, 7) is 0.364. The first kappa shape index (κ1) is 12.8. The van der Waals surface area contributed by atoms with Crippen LogP contribution in [0.15, 0.2) is 18.2 Å². The Balaban J connectivity index is 2.83. The Bertz CT molecular complexity index is 431. The number of hydrogen-bond acceptors (Lipinski definition) is 4. The van der Waals surface area contributed by atoms with Crippen LogP contribution in [0.25, 0.3) is 0 Å². The average molecular weight is 236 g/mol. The summed E-state index contributed by atoms with van der Waals surface area (Å²) in [6.07, 6.45) is 0.196. The standard InChI is InChI=1S/C11H16N4O2/c1-14-11(17)8-3-2-7(12)6-9(8)15-5-4-10(13)16/h2-3,6,15H,4-5,12H2,1H3,(H2,13,16)(H,14,17). The molecule has 0 saturated heterocycles. The summed E-state index contributed by atoms with van der Waals surface area (Å²) < 4.78 is 0. The van der Waals surface area contributed by atoms with Gasteiger partial charge in [-0.15, -0.1) is 0 Å². The van der Waals surface area contributed by atoms with Crippen LogP contribution in [0.4, 0.5) is 11.4 Å². The lowest BCUT2D eigenvalue weighted by Gasteiger charge is -2.11. The van der Waals surface area contributed by atoms with E-state index in [1.807, 2.05) is 0 Å². The van der Waals surface area contributed by atoms with Crippen LogP contribution < -0.4 is 22.1 Å². The third-order valence-corrected chi connectivity index (χ3v) is 2.20. The largest absolute Gasteiger partial charge is 0.399 e. The Morgan fingerprint density at radius 3 is 2.65 bits per heavy atom. The van der Waals surface area contributed by atoms with E-state index in [0.29, 0.717) is 23.5 Å². The fourth-order valence-corrected chi connectivity index (χ4v) is 1.36. The van der Waals surface area contributed by atoms with Crippen LogP contribution in [-0.4, -0.2) is 25.4 Å². The van der Waals surface area contributed by atoms with E-state index in [-0.39, 0.29) is 12.3 Å². The number of carbonyl (C=O) groups is 2. The lowest BCUT2D eigenvalue weighted by molar-refractivity contribution is -0.117. The molecule has 0 bridgehead atoms. The Labute approximate surface area is 99.4 Å². The second-order valence-electron chi connectivity index (χ2n) is 3.53. The van der Waals surface area contributed by atoms with Gasteiger partial charge in [0, 0.05) is 31.4 Å². The number of anilines is 2. The Kier molecular flexibility index (Phi) is 4.33. The van der Waals surface area contributed by atoms with E-state index in [2.05, 4.69) is 10.6 Å². The smallest absolute Gasteiger partial charge is 0.253 e. The topological polar surface area (TPSA) is 110 Å². The number of amides is 2. The minimum atomic E-state index is -0.400. The molecule has 6 heteroatoms. The SMILES string of the molecule is CNC(=O)c1ccc(N)cc1NCCC(N)=O. The zero-order valence-corrected chi connectivity index (χ0v) is 9.62. The van der Waals surface area contributed by atoms with Crippen molar-refractivity contribution in [2.24, 2.45) is 5.73 Å². The van der Waals surface area contributed by atoms with Crippen molar-refractivity contribution in [3.05, 3.63) is 23.8 Å². The summed E-state index contributed by atoms with van der Waals surface area (Å²) in [7, 11) is 1.55. The van der Waals surface area contributed by atoms with Crippen molar-refractivity contribution in [1.82, 2.24) is 5.32 Å². The van der Waals surface area contributed by atoms with Crippen LogP contribution in [-0.2, 0) is 4.79 Å². The number of nitrogen functional groups attached to an aromatic ring is 1. The average Bonchev–Trinajstić information content (AvgIpc) is 2.28. The van der Waals surface area contributed by atoms with Gasteiger partial charge in [-0.2, -0.15) is 0 Å². The fourth-order valence-electron chi connectivity index (χ4n) is 1.36. The molecule has 2 amide bonds. The molecule has 0 aliphatic heterocycles. The van der Waals surface area contributed by atoms with Gasteiger partial charge in [0.1, 0.15) is 0 Å². The highest BCUT2D eigenvalue weighted by atomic mass is 16.1. The molecule has 0 saturated carbocycles. The van der Waals surface area contributed by atoms with Crippen molar-refractivity contribution in [2.75, 3.05) is 24.6 Å². The van der Waals surface area contributed by atoms with Gasteiger partial charge in [0.15, 0.2) is 0 Å². The quantitative estimate of drug-likeness (QED) is 0.536. The molecule has 1 aromatic carbocycles. The normalized spacial score (nSPS) is 9.71. The van der Waals surface area contributed by atoms with Crippen molar-refractivity contribution < 1.29 is 9.59 Å². The number of nitrogens with two attached hydrogens (primary N) is 2. The molecule has 0 atom stereocenters. The predicted molar refractivity (Wildman–Crippen MR) is 66.5 cm³/mol. The van der Waals surface area contributed by atoms with Crippen molar-refractivity contribution in [2.45, 2.75) is 6.42 Å². The highest BCUT2D eigenvalue weighted by molar-refractivity contribution is 6.00. The lowest BCUT2D eigenvalue weighted by Crippen LogP contribution is -2.21. The number of carbonyl (C=O) groups excluding carboxylic acids is 2. The van der Waals surface area contributed by atoms with Gasteiger partial charge in [-0.05, 0) is 18.2 Å². The molecule has 0 aromatic heterocycles. The third-order valence-electron chi connectivity index (χ3n) is 2.20. The third kappa shape index (κ3) is 3.67. The summed E-state index contributed by atoms with van der Waals surface area (Å²) >= 11 is 0. The summed E-state index contributed by atoms with van der Waals surface area (Å²) in [5.41, 5.74) is 12.3. The molecule has 0 heterocycles. The molecule has 0 unspecified atom stereocenters. The summed E-state index contributed by atoms with van der Waals surface area (Å²) in [5.74, 6) is -0.616. The van der Waals surface area contributed by atoms with Crippen LogP contribution in [0.5, 0.6) is 0 Å². The second-order valence-corrected chi connectivity index (χ2v) is 3.53. The molecular formula is C11H16N4O2. The molecule has 0 aliphatic carbocycles. The molecule has 0 spiro atoms. The van der Waals surface area contributed by atoms with Crippen LogP contribution in [0.2, 0.25) is 0 Å². The number of hydrogen-bond donors (Lipinski definition) is 4. The Morgan fingerprint density at radius 1 is 1.35 bits per heavy atom. The predicted octanol–water partition coefficient (Wildman–Crippen LogP) is -0.0843. The van der Waals surface area contributed by atoms with E-state index >= 15 is 0 Å². The first-order valence-corrected chi connectivity index (χ1v) is 5.18. The van der Waals surface area contributed by atoms with Gasteiger partial charge in [0.05, 0.1) is 5.56 Å². The highest BCUT2D eigenvalue weighted by Gasteiger charge is 2.09. The minimum absolute atomic E-state index is 0.196. The van der Waals surface area contributed by atoms with Gasteiger partial charge in [-0.3, -0.25) is 9.59 Å². The maximum absolute atomic E-state index is 11.6. The molecular weight excluding hydrogens is 220 g/mol. The van der Waals surface area contributed by atoms with Gasteiger partial charge in [0.25, 0.3) is 5.91 Å². The molecule has 6 N–H and O–H groups in total. The maximum Gasteiger partial charge on any atom is 0.253 e. The number of benzene rings is 1. The van der Waals surface area contributed by atoms with Crippen molar-refractivity contribution >= 4 is 23.2 Å². The monoisotopic (exact) mass is 236 g/mol. The minimum Gasteiger partial charge on any atom is -0.399 e. The summed E-state index contributed by atoms with van der Waals surface area (Å²) in [6, 6.07) is 4.91. The Morgan fingerprint density at radius 2 is 2.06 bits per heavy atom. The van der Waals surface area contributed by atoms with E-state index in [0.717, 1.165) is 0 Å². The first-order valence-electron chi connectivity index (χ1n) is 5.18. The lowest BCUT2D eigenvalue weighted by atomic mass is 10.1. The molecule has 0 fully saturated rings. The van der Waals surface area contributed by atoms with E-state index < -0.39 is 5.91 Å². The van der Waals surface area contributed by atoms with E-state index in [1.54, 1.807) is 25.2 Å². The molecule has 92 valence electrons. The molecule has 17 heavy (non-hydrogen) atoms. The van der Waals surface area contributed by atoms with Crippen molar-refractivity contribution in [1.29, 1.82) is 0 Å². The molecule has 6 nitrogen and oxygen atoms in total. The summed E-state index contributed by atoms with van der Waals surface area (Å²) in [4.78, 5) is 22.2. The van der Waals surface area contributed by atoms with Crippen LogP contribution >= 0.6 is 0 Å². The number of nitrogens with one attached hydrogen (secondary N) is 2. The van der Waals surface area contributed by atoms with Gasteiger partial charge in [0.2, 0.25) is 5.91 Å². The second kappa shape index (κ2) is 5.74. The van der Waals surface area contributed by atoms with E-state index in [4.69, 9.17) is 11.5 Å². The fraction of sp³-hybridized carbons (Fsp3) is 0.273. The van der Waals surface area contributed by atoms with Gasteiger partial charge in [-0.1, -0.05) is 0 Å².